The fourth-order valence-electron chi connectivity index (χ4n) is 1.06. The summed E-state index contributed by atoms with van der Waals surface area (Å²) in [6.07, 6.45) is 5.08. The maximum Gasteiger partial charge on any atom is 0.161 e. The summed E-state index contributed by atoms with van der Waals surface area (Å²) in [5.41, 5.74) is 0.905. The van der Waals surface area contributed by atoms with Crippen molar-refractivity contribution in [3.05, 3.63) is 18.7 Å². The monoisotopic (exact) mass is 148 g/mol. The Bertz CT molecular complexity index is 365. The van der Waals surface area contributed by atoms with E-state index in [4.69, 9.17) is 0 Å². The minimum Gasteiger partial charge on any atom is -0.248 e. The topological polar surface area (TPSA) is 43.6 Å². The van der Waals surface area contributed by atoms with Gasteiger partial charge in [0.2, 0.25) is 0 Å². The molecule has 0 N–H and O–H groups in total. The molecule has 2 heterocycles. The van der Waals surface area contributed by atoms with E-state index in [1.54, 1.807) is 12.4 Å². The van der Waals surface area contributed by atoms with E-state index in [1.807, 2.05) is 11.6 Å². The van der Waals surface area contributed by atoms with Gasteiger partial charge in [0, 0.05) is 12.7 Å². The van der Waals surface area contributed by atoms with Crippen LogP contribution in [0.2, 0.25) is 0 Å². The largest absolute Gasteiger partial charge is 0.248 e. The molecule has 0 aliphatic heterocycles. The van der Waals surface area contributed by atoms with Crippen molar-refractivity contribution in [2.75, 3.05) is 0 Å². The molecule has 56 valence electrons. The van der Waals surface area contributed by atoms with Gasteiger partial charge >= 0.3 is 0 Å². The Balaban J connectivity index is 2.76. The predicted octanol–water partition coefficient (Wildman–Crippen LogP) is 0.846. The molecule has 0 aliphatic rings. The molecule has 0 radical (unpaired) electrons. The fraction of sp³-hybridized carbons (Fsp3) is 0.286. The highest BCUT2D eigenvalue weighted by Gasteiger charge is 1.99. The first-order valence-corrected chi connectivity index (χ1v) is 3.53. The third-order valence-electron chi connectivity index (χ3n) is 1.60. The number of nitrogens with zero attached hydrogens (tertiary/aromatic N) is 4. The maximum atomic E-state index is 4.13. The van der Waals surface area contributed by atoms with Crippen LogP contribution < -0.4 is 0 Å². The van der Waals surface area contributed by atoms with Gasteiger partial charge in [-0.15, -0.1) is 0 Å². The van der Waals surface area contributed by atoms with Gasteiger partial charge in [0.05, 0.1) is 11.6 Å². The highest BCUT2D eigenvalue weighted by Crippen LogP contribution is 2.06. The summed E-state index contributed by atoms with van der Waals surface area (Å²) in [7, 11) is 0. The van der Waals surface area contributed by atoms with Crippen LogP contribution in [-0.4, -0.2) is 19.7 Å². The first-order valence-electron chi connectivity index (χ1n) is 3.53. The normalized spacial score (nSPS) is 10.6. The van der Waals surface area contributed by atoms with Crippen LogP contribution in [0.25, 0.3) is 11.0 Å². The summed E-state index contributed by atoms with van der Waals surface area (Å²) in [4.78, 5) is 8.00. The average molecular weight is 148 g/mol. The average Bonchev–Trinajstić information content (AvgIpc) is 2.47. The summed E-state index contributed by atoms with van der Waals surface area (Å²) in [5, 5.41) is 5.12. The van der Waals surface area contributed by atoms with Crippen LogP contribution in [-0.2, 0) is 6.54 Å². The Morgan fingerprint density at radius 1 is 1.45 bits per heavy atom. The van der Waals surface area contributed by atoms with E-state index in [9.17, 15) is 0 Å². The van der Waals surface area contributed by atoms with Gasteiger partial charge < -0.3 is 0 Å². The van der Waals surface area contributed by atoms with Crippen molar-refractivity contribution >= 4 is 11.0 Å². The molecule has 4 nitrogen and oxygen atoms in total. The molecule has 0 bridgehead atoms. The summed E-state index contributed by atoms with van der Waals surface area (Å²) in [6.45, 7) is 2.88. The van der Waals surface area contributed by atoms with Gasteiger partial charge in [-0.25, -0.2) is 14.6 Å². The molecule has 2 aromatic rings. The van der Waals surface area contributed by atoms with Crippen LogP contribution in [0.4, 0.5) is 0 Å². The summed E-state index contributed by atoms with van der Waals surface area (Å²) >= 11 is 0. The smallest absolute Gasteiger partial charge is 0.161 e. The lowest BCUT2D eigenvalue weighted by molar-refractivity contribution is 0.676. The lowest BCUT2D eigenvalue weighted by atomic mass is 10.4. The number of aromatic nitrogens is 4. The van der Waals surface area contributed by atoms with Crippen molar-refractivity contribution in [3.63, 3.8) is 0 Å². The van der Waals surface area contributed by atoms with Crippen molar-refractivity contribution in [1.29, 1.82) is 0 Å². The molecule has 0 atom stereocenters. The molecule has 0 aromatic carbocycles. The molecule has 2 rings (SSSR count). The van der Waals surface area contributed by atoms with Gasteiger partial charge in [-0.2, -0.15) is 5.10 Å². The first-order chi connectivity index (χ1) is 5.42. The molecular weight excluding hydrogens is 140 g/mol. The van der Waals surface area contributed by atoms with Gasteiger partial charge in [0.15, 0.2) is 5.65 Å². The van der Waals surface area contributed by atoms with Crippen molar-refractivity contribution in [3.8, 4) is 0 Å². The first kappa shape index (κ1) is 6.27. The fourth-order valence-corrected chi connectivity index (χ4v) is 1.06. The summed E-state index contributed by atoms with van der Waals surface area (Å²) in [5.74, 6) is 0. The van der Waals surface area contributed by atoms with Gasteiger partial charge in [0.1, 0.15) is 6.33 Å². The Morgan fingerprint density at radius 3 is 3.18 bits per heavy atom. The van der Waals surface area contributed by atoms with E-state index < -0.39 is 0 Å². The molecular formula is C7H8N4. The van der Waals surface area contributed by atoms with Crippen LogP contribution >= 0.6 is 0 Å². The number of aryl methyl sites for hydroxylation is 1. The molecule has 4 heteroatoms. The third-order valence-corrected chi connectivity index (χ3v) is 1.60. The van der Waals surface area contributed by atoms with E-state index in [2.05, 4.69) is 15.1 Å². The van der Waals surface area contributed by atoms with E-state index in [1.165, 1.54) is 6.33 Å². The van der Waals surface area contributed by atoms with Crippen molar-refractivity contribution < 1.29 is 0 Å². The van der Waals surface area contributed by atoms with Crippen molar-refractivity contribution in [2.45, 2.75) is 13.5 Å². The molecule has 0 saturated carbocycles. The quantitative estimate of drug-likeness (QED) is 0.602. The maximum absolute atomic E-state index is 4.13. The zero-order valence-electron chi connectivity index (χ0n) is 6.23. The van der Waals surface area contributed by atoms with Crippen LogP contribution in [0.15, 0.2) is 18.7 Å². The highest BCUT2D eigenvalue weighted by atomic mass is 15.3. The minimum absolute atomic E-state index is 0.848. The predicted molar refractivity (Wildman–Crippen MR) is 41.0 cm³/mol. The summed E-state index contributed by atoms with van der Waals surface area (Å²) < 4.78 is 1.84. The van der Waals surface area contributed by atoms with Gasteiger partial charge in [-0.3, -0.25) is 0 Å². The third kappa shape index (κ3) is 0.869. The van der Waals surface area contributed by atoms with Crippen LogP contribution in [0, 0.1) is 0 Å². The molecule has 2 aromatic heterocycles. The van der Waals surface area contributed by atoms with Gasteiger partial charge in [-0.1, -0.05) is 0 Å². The van der Waals surface area contributed by atoms with E-state index in [0.29, 0.717) is 0 Å². The lowest BCUT2D eigenvalue weighted by Gasteiger charge is -1.94. The van der Waals surface area contributed by atoms with Crippen molar-refractivity contribution in [1.82, 2.24) is 19.7 Å². The van der Waals surface area contributed by atoms with Crippen LogP contribution in [0.3, 0.4) is 0 Å². The molecule has 0 spiro atoms. The van der Waals surface area contributed by atoms with E-state index >= 15 is 0 Å². The molecule has 0 amide bonds. The molecule has 0 saturated heterocycles. The number of hydrogen-bond donors (Lipinski definition) is 0. The number of fused-ring (bicyclic) bond motifs is 1. The number of rotatable bonds is 1. The number of hydrogen-bond acceptors (Lipinski definition) is 3. The highest BCUT2D eigenvalue weighted by molar-refractivity contribution is 5.72. The van der Waals surface area contributed by atoms with Gasteiger partial charge in [-0.05, 0) is 6.92 Å². The zero-order valence-corrected chi connectivity index (χ0v) is 6.23. The Kier molecular flexibility index (Phi) is 1.31. The second-order valence-corrected chi connectivity index (χ2v) is 2.26. The van der Waals surface area contributed by atoms with Crippen LogP contribution in [0.1, 0.15) is 6.92 Å². The van der Waals surface area contributed by atoms with Gasteiger partial charge in [0.25, 0.3) is 0 Å². The van der Waals surface area contributed by atoms with E-state index in [-0.39, 0.29) is 0 Å². The van der Waals surface area contributed by atoms with E-state index in [0.717, 1.165) is 17.6 Å². The molecule has 0 unspecified atom stereocenters. The second kappa shape index (κ2) is 2.30. The minimum atomic E-state index is 0.848. The van der Waals surface area contributed by atoms with Crippen LogP contribution in [0.5, 0.6) is 0 Å². The summed E-state index contributed by atoms with van der Waals surface area (Å²) in [6, 6.07) is 0. The molecule has 11 heavy (non-hydrogen) atoms. The molecule has 0 fully saturated rings. The Morgan fingerprint density at radius 2 is 2.36 bits per heavy atom. The Labute approximate surface area is 63.9 Å². The molecule has 0 aliphatic carbocycles. The lowest BCUT2D eigenvalue weighted by Crippen LogP contribution is -1.96. The standard InChI is InChI=1S/C7H8N4/c1-2-11-7-6(4-10-11)3-8-5-9-7/h3-5H,2H2,1H3. The van der Waals surface area contributed by atoms with Crippen molar-refractivity contribution in [2.24, 2.45) is 0 Å². The Hall–Kier alpha value is -1.45. The second-order valence-electron chi connectivity index (χ2n) is 2.26. The zero-order chi connectivity index (χ0) is 7.68. The SMILES string of the molecule is CCn1ncc2cncnc21.